The minimum Gasteiger partial charge on any atom is -0.467 e. The lowest BCUT2D eigenvalue weighted by molar-refractivity contribution is 0.178. The van der Waals surface area contributed by atoms with Gasteiger partial charge in [-0.25, -0.2) is 4.98 Å². The Morgan fingerprint density at radius 1 is 1.44 bits per heavy atom. The first-order valence-electron chi connectivity index (χ1n) is 5.49. The Morgan fingerprint density at radius 2 is 2.33 bits per heavy atom. The summed E-state index contributed by atoms with van der Waals surface area (Å²) in [6.45, 7) is 0.450. The number of nitrogens with one attached hydrogen (secondary N) is 1. The highest BCUT2D eigenvalue weighted by atomic mass is 16.5. The van der Waals surface area contributed by atoms with E-state index in [1.165, 1.54) is 0 Å². The summed E-state index contributed by atoms with van der Waals surface area (Å²) in [6, 6.07) is 10.8. The Hall–Kier alpha value is -2.32. The number of hydrogen-bond donors (Lipinski definition) is 1. The van der Waals surface area contributed by atoms with Crippen LogP contribution in [0.1, 0.15) is 17.5 Å². The van der Waals surface area contributed by atoms with Gasteiger partial charge in [-0.2, -0.15) is 5.26 Å². The molecule has 1 atom stereocenters. The van der Waals surface area contributed by atoms with Gasteiger partial charge in [0.25, 0.3) is 0 Å². The normalized spacial score (nSPS) is 11.8. The topological polar surface area (TPSA) is 71.1 Å². The summed E-state index contributed by atoms with van der Waals surface area (Å²) in [5.74, 6) is 1.38. The fraction of sp³-hybridized carbons (Fsp3) is 0.231. The summed E-state index contributed by atoms with van der Waals surface area (Å²) in [7, 11) is 1.62. The number of anilines is 1. The molecule has 92 valence electrons. The SMILES string of the molecule is COCC(Nc1cccc(C#N)n1)c1ccco1. The van der Waals surface area contributed by atoms with Gasteiger partial charge in [-0.1, -0.05) is 6.07 Å². The third kappa shape index (κ3) is 2.87. The van der Waals surface area contributed by atoms with Gasteiger partial charge in [0.2, 0.25) is 0 Å². The molecule has 0 saturated heterocycles. The molecule has 0 spiro atoms. The van der Waals surface area contributed by atoms with Gasteiger partial charge in [-0.3, -0.25) is 0 Å². The number of aromatic nitrogens is 1. The predicted octanol–water partition coefficient (Wildman–Crippen LogP) is 2.35. The fourth-order valence-electron chi connectivity index (χ4n) is 1.61. The molecule has 0 aromatic carbocycles. The lowest BCUT2D eigenvalue weighted by Gasteiger charge is -2.16. The number of ether oxygens (including phenoxy) is 1. The van der Waals surface area contributed by atoms with E-state index in [4.69, 9.17) is 14.4 Å². The summed E-state index contributed by atoms with van der Waals surface area (Å²) in [6.07, 6.45) is 1.61. The smallest absolute Gasteiger partial charge is 0.142 e. The summed E-state index contributed by atoms with van der Waals surface area (Å²) >= 11 is 0. The first-order chi connectivity index (χ1) is 8.83. The van der Waals surface area contributed by atoms with Gasteiger partial charge >= 0.3 is 0 Å². The van der Waals surface area contributed by atoms with Crippen molar-refractivity contribution in [2.45, 2.75) is 6.04 Å². The van der Waals surface area contributed by atoms with Crippen molar-refractivity contribution in [1.82, 2.24) is 4.98 Å². The molecule has 0 radical (unpaired) electrons. The second-order valence-electron chi connectivity index (χ2n) is 3.69. The molecule has 0 aliphatic carbocycles. The Balaban J connectivity index is 2.16. The summed E-state index contributed by atoms with van der Waals surface area (Å²) in [4.78, 5) is 4.15. The van der Waals surface area contributed by atoms with Crippen molar-refractivity contribution in [3.63, 3.8) is 0 Å². The molecule has 0 aliphatic rings. The van der Waals surface area contributed by atoms with Gasteiger partial charge < -0.3 is 14.5 Å². The Bertz CT molecular complexity index is 531. The van der Waals surface area contributed by atoms with Crippen LogP contribution in [0.5, 0.6) is 0 Å². The maximum Gasteiger partial charge on any atom is 0.142 e. The van der Waals surface area contributed by atoms with Crippen LogP contribution in [0, 0.1) is 11.3 Å². The molecule has 1 N–H and O–H groups in total. The molecule has 18 heavy (non-hydrogen) atoms. The van der Waals surface area contributed by atoms with E-state index < -0.39 is 0 Å². The van der Waals surface area contributed by atoms with E-state index in [1.807, 2.05) is 18.2 Å². The van der Waals surface area contributed by atoms with Crippen molar-refractivity contribution < 1.29 is 9.15 Å². The molecule has 2 aromatic rings. The largest absolute Gasteiger partial charge is 0.467 e. The summed E-state index contributed by atoms with van der Waals surface area (Å²) in [5, 5.41) is 12.0. The zero-order chi connectivity index (χ0) is 12.8. The highest BCUT2D eigenvalue weighted by molar-refractivity contribution is 5.40. The molecular formula is C13H13N3O2. The summed E-state index contributed by atoms with van der Waals surface area (Å²) < 4.78 is 10.5. The number of nitriles is 1. The molecule has 2 rings (SSSR count). The zero-order valence-electron chi connectivity index (χ0n) is 9.96. The number of hydrogen-bond acceptors (Lipinski definition) is 5. The minimum atomic E-state index is -0.133. The van der Waals surface area contributed by atoms with Crippen molar-refractivity contribution in [2.24, 2.45) is 0 Å². The van der Waals surface area contributed by atoms with Crippen LogP contribution in [-0.2, 0) is 4.74 Å². The second kappa shape index (κ2) is 5.84. The molecule has 0 aliphatic heterocycles. The molecule has 2 heterocycles. The van der Waals surface area contributed by atoms with Crippen LogP contribution in [0.3, 0.4) is 0 Å². The maximum absolute atomic E-state index is 8.80. The standard InChI is InChI=1S/C13H13N3O2/c1-17-9-11(12-5-3-7-18-12)16-13-6-2-4-10(8-14)15-13/h2-7,11H,9H2,1H3,(H,15,16). The van der Waals surface area contributed by atoms with Crippen molar-refractivity contribution in [2.75, 3.05) is 19.0 Å². The Morgan fingerprint density at radius 3 is 3.00 bits per heavy atom. The van der Waals surface area contributed by atoms with E-state index in [0.29, 0.717) is 18.1 Å². The molecule has 0 fully saturated rings. The van der Waals surface area contributed by atoms with Crippen LogP contribution in [0.15, 0.2) is 41.0 Å². The maximum atomic E-state index is 8.80. The fourth-order valence-corrected chi connectivity index (χ4v) is 1.61. The average Bonchev–Trinajstić information content (AvgIpc) is 2.92. The predicted molar refractivity (Wildman–Crippen MR) is 65.9 cm³/mol. The third-order valence-electron chi connectivity index (χ3n) is 2.41. The number of nitrogens with zero attached hydrogens (tertiary/aromatic N) is 2. The average molecular weight is 243 g/mol. The number of furan rings is 1. The van der Waals surface area contributed by atoms with E-state index >= 15 is 0 Å². The molecule has 5 heteroatoms. The van der Waals surface area contributed by atoms with Gasteiger partial charge in [0.1, 0.15) is 29.4 Å². The van der Waals surface area contributed by atoms with Crippen molar-refractivity contribution >= 4 is 5.82 Å². The van der Waals surface area contributed by atoms with Crippen molar-refractivity contribution in [3.05, 3.63) is 48.0 Å². The molecule has 0 amide bonds. The number of methoxy groups -OCH3 is 1. The third-order valence-corrected chi connectivity index (χ3v) is 2.41. The van der Waals surface area contributed by atoms with Gasteiger partial charge in [0, 0.05) is 7.11 Å². The quantitative estimate of drug-likeness (QED) is 0.872. The molecule has 5 nitrogen and oxygen atoms in total. The Kier molecular flexibility index (Phi) is 3.94. The first-order valence-corrected chi connectivity index (χ1v) is 5.49. The van der Waals surface area contributed by atoms with E-state index in [-0.39, 0.29) is 6.04 Å². The van der Waals surface area contributed by atoms with E-state index in [0.717, 1.165) is 5.76 Å². The zero-order valence-corrected chi connectivity index (χ0v) is 9.96. The van der Waals surface area contributed by atoms with Crippen LogP contribution < -0.4 is 5.32 Å². The van der Waals surface area contributed by atoms with Gasteiger partial charge in [-0.15, -0.1) is 0 Å². The van der Waals surface area contributed by atoms with E-state index in [9.17, 15) is 0 Å². The van der Waals surface area contributed by atoms with Crippen LogP contribution in [-0.4, -0.2) is 18.7 Å². The highest BCUT2D eigenvalue weighted by Crippen LogP contribution is 2.19. The van der Waals surface area contributed by atoms with Crippen molar-refractivity contribution in [3.8, 4) is 6.07 Å². The van der Waals surface area contributed by atoms with E-state index in [1.54, 1.807) is 31.6 Å². The molecule has 0 bridgehead atoms. The van der Waals surface area contributed by atoms with Crippen LogP contribution >= 0.6 is 0 Å². The minimum absolute atomic E-state index is 0.133. The second-order valence-corrected chi connectivity index (χ2v) is 3.69. The first kappa shape index (κ1) is 12.1. The van der Waals surface area contributed by atoms with Crippen LogP contribution in [0.4, 0.5) is 5.82 Å². The van der Waals surface area contributed by atoms with Gasteiger partial charge in [0.05, 0.1) is 12.9 Å². The van der Waals surface area contributed by atoms with Crippen LogP contribution in [0.2, 0.25) is 0 Å². The van der Waals surface area contributed by atoms with Crippen LogP contribution in [0.25, 0.3) is 0 Å². The highest BCUT2D eigenvalue weighted by Gasteiger charge is 2.14. The van der Waals surface area contributed by atoms with Gasteiger partial charge in [0.15, 0.2) is 0 Å². The summed E-state index contributed by atoms with van der Waals surface area (Å²) in [5.41, 5.74) is 0.371. The lowest BCUT2D eigenvalue weighted by Crippen LogP contribution is -2.16. The molecular weight excluding hydrogens is 230 g/mol. The molecule has 0 saturated carbocycles. The van der Waals surface area contributed by atoms with E-state index in [2.05, 4.69) is 10.3 Å². The Labute approximate surface area is 105 Å². The monoisotopic (exact) mass is 243 g/mol. The lowest BCUT2D eigenvalue weighted by atomic mass is 10.2. The van der Waals surface area contributed by atoms with Crippen molar-refractivity contribution in [1.29, 1.82) is 5.26 Å². The van der Waals surface area contributed by atoms with Gasteiger partial charge in [-0.05, 0) is 24.3 Å². The molecule has 1 unspecified atom stereocenters. The number of rotatable bonds is 5. The number of pyridine rings is 1. The molecule has 2 aromatic heterocycles.